The lowest BCUT2D eigenvalue weighted by Crippen LogP contribution is -2.52. The molecule has 1 atom stereocenters. The smallest absolute Gasteiger partial charge is 0.432 e. The number of halogens is 5. The molecule has 1 N–H and O–H groups in total. The highest BCUT2D eigenvalue weighted by Crippen LogP contribution is 2.37. The lowest BCUT2D eigenvalue weighted by Gasteiger charge is -2.25. The summed E-state index contributed by atoms with van der Waals surface area (Å²) >= 11 is 0. The molecular weight excluding hydrogens is 291 g/mol. The fourth-order valence-electron chi connectivity index (χ4n) is 0.753. The van der Waals surface area contributed by atoms with Crippen molar-refractivity contribution in [3.8, 4) is 0 Å². The quantitative estimate of drug-likeness (QED) is 0.368. The fourth-order valence-corrected chi connectivity index (χ4v) is 1.21. The van der Waals surface area contributed by atoms with Crippen LogP contribution in [0.5, 0.6) is 0 Å². The largest absolute Gasteiger partial charge is 0.442 e. The number of rotatable bonds is 4. The summed E-state index contributed by atoms with van der Waals surface area (Å²) in [4.78, 5) is 10.7. The number of allylic oxidation sites excluding steroid dienone is 1. The molecule has 0 spiro atoms. The van der Waals surface area contributed by atoms with Crippen molar-refractivity contribution in [1.82, 2.24) is 0 Å². The second kappa shape index (κ2) is 5.18. The molecule has 0 rings (SSSR count). The summed E-state index contributed by atoms with van der Waals surface area (Å²) in [7, 11) is -6.40. The molecule has 0 aliphatic rings. The molecule has 18 heavy (non-hydrogen) atoms. The zero-order valence-electron chi connectivity index (χ0n) is 8.61. The highest BCUT2D eigenvalue weighted by Gasteiger charge is 2.65. The first-order valence-corrected chi connectivity index (χ1v) is 5.53. The van der Waals surface area contributed by atoms with E-state index in [0.717, 1.165) is 6.08 Å². The van der Waals surface area contributed by atoms with Crippen molar-refractivity contribution >= 4 is 16.1 Å². The van der Waals surface area contributed by atoms with Gasteiger partial charge in [-0.05, 0) is 6.92 Å². The maximum Gasteiger partial charge on any atom is 0.432 e. The van der Waals surface area contributed by atoms with Gasteiger partial charge >= 0.3 is 27.5 Å². The van der Waals surface area contributed by atoms with E-state index in [1.54, 1.807) is 0 Å². The summed E-state index contributed by atoms with van der Waals surface area (Å²) < 4.78 is 93.9. The summed E-state index contributed by atoms with van der Waals surface area (Å²) in [6, 6.07) is 0. The van der Waals surface area contributed by atoms with Crippen LogP contribution >= 0.6 is 0 Å². The number of ether oxygens (including phenoxy) is 1. The van der Waals surface area contributed by atoms with Crippen molar-refractivity contribution < 1.29 is 44.5 Å². The van der Waals surface area contributed by atoms with E-state index in [-0.39, 0.29) is 0 Å². The molecule has 0 aromatic carbocycles. The normalized spacial score (nSPS) is 15.7. The maximum atomic E-state index is 12.8. The molecule has 106 valence electrons. The third kappa shape index (κ3) is 3.91. The van der Waals surface area contributed by atoms with Crippen LogP contribution in [-0.4, -0.2) is 36.5 Å². The first-order chi connectivity index (χ1) is 7.84. The Labute approximate surface area is 98.0 Å². The molecule has 0 saturated carbocycles. The van der Waals surface area contributed by atoms with Gasteiger partial charge in [0.1, 0.15) is 0 Å². The van der Waals surface area contributed by atoms with Gasteiger partial charge in [-0.2, -0.15) is 30.4 Å². The van der Waals surface area contributed by atoms with Crippen LogP contribution in [0.4, 0.5) is 22.0 Å². The molecule has 0 fully saturated rings. The topological polar surface area (TPSA) is 80.7 Å². The Morgan fingerprint density at radius 2 is 1.72 bits per heavy atom. The van der Waals surface area contributed by atoms with Crippen LogP contribution in [0, 0.1) is 0 Å². The average molecular weight is 298 g/mol. The van der Waals surface area contributed by atoms with Crippen molar-refractivity contribution in [2.45, 2.75) is 24.5 Å². The first-order valence-electron chi connectivity index (χ1n) is 4.09. The van der Waals surface area contributed by atoms with Crippen molar-refractivity contribution in [2.24, 2.45) is 0 Å². The SMILES string of the molecule is C/C=C/C(=O)OC(C(F)(F)F)C(F)(F)S(=O)(=O)O. The fraction of sp³-hybridized carbons (Fsp3) is 0.571. The van der Waals surface area contributed by atoms with E-state index in [4.69, 9.17) is 4.55 Å². The van der Waals surface area contributed by atoms with Gasteiger partial charge in [0.15, 0.2) is 0 Å². The zero-order chi connectivity index (χ0) is 14.8. The van der Waals surface area contributed by atoms with Crippen molar-refractivity contribution in [3.63, 3.8) is 0 Å². The Balaban J connectivity index is 5.48. The molecule has 0 heterocycles. The first kappa shape index (κ1) is 16.8. The highest BCUT2D eigenvalue weighted by molar-refractivity contribution is 7.86. The molecule has 0 aliphatic carbocycles. The van der Waals surface area contributed by atoms with Crippen LogP contribution in [0.15, 0.2) is 12.2 Å². The molecule has 0 radical (unpaired) electrons. The van der Waals surface area contributed by atoms with Crippen molar-refractivity contribution in [3.05, 3.63) is 12.2 Å². The Morgan fingerprint density at radius 1 is 1.28 bits per heavy atom. The number of hydrogen-bond acceptors (Lipinski definition) is 4. The minimum absolute atomic E-state index is 0.374. The molecule has 1 unspecified atom stereocenters. The number of esters is 1. The number of carbonyl (C=O) groups is 1. The number of carbonyl (C=O) groups excluding carboxylic acids is 1. The molecule has 0 bridgehead atoms. The maximum absolute atomic E-state index is 12.8. The zero-order valence-corrected chi connectivity index (χ0v) is 9.43. The van der Waals surface area contributed by atoms with Crippen molar-refractivity contribution in [2.75, 3.05) is 0 Å². The standard InChI is InChI=1S/C7H7F5O5S/c1-2-3-4(13)17-5(6(8,9)10)7(11,12)18(14,15)16/h2-3,5H,1H3,(H,14,15,16)/b3-2+. The Hall–Kier alpha value is -1.23. The monoisotopic (exact) mass is 298 g/mol. The van der Waals surface area contributed by atoms with Gasteiger partial charge in [0, 0.05) is 6.08 Å². The summed E-state index contributed by atoms with van der Waals surface area (Å²) in [6.45, 7) is 1.19. The lowest BCUT2D eigenvalue weighted by atomic mass is 10.3. The molecular formula is C7H7F5O5S. The Kier molecular flexibility index (Phi) is 4.83. The van der Waals surface area contributed by atoms with Gasteiger partial charge in [-0.1, -0.05) is 6.08 Å². The third-order valence-electron chi connectivity index (χ3n) is 1.48. The molecule has 5 nitrogen and oxygen atoms in total. The van der Waals surface area contributed by atoms with Crippen LogP contribution in [0.3, 0.4) is 0 Å². The van der Waals surface area contributed by atoms with E-state index < -0.39 is 33.6 Å². The van der Waals surface area contributed by atoms with Gasteiger partial charge in [-0.25, -0.2) is 4.79 Å². The summed E-state index contributed by atoms with van der Waals surface area (Å²) in [5.41, 5.74) is 0. The predicted molar refractivity (Wildman–Crippen MR) is 47.2 cm³/mol. The van der Waals surface area contributed by atoms with E-state index in [1.165, 1.54) is 6.92 Å². The number of alkyl halides is 5. The van der Waals surface area contributed by atoms with Crippen LogP contribution in [-0.2, 0) is 19.6 Å². The van der Waals surface area contributed by atoms with Gasteiger partial charge in [0.05, 0.1) is 0 Å². The van der Waals surface area contributed by atoms with E-state index in [9.17, 15) is 35.2 Å². The average Bonchev–Trinajstić information content (AvgIpc) is 2.10. The molecule has 0 aromatic rings. The van der Waals surface area contributed by atoms with Crippen LogP contribution < -0.4 is 0 Å². The molecule has 0 amide bonds. The van der Waals surface area contributed by atoms with Crippen molar-refractivity contribution in [1.29, 1.82) is 0 Å². The minimum atomic E-state index is -6.40. The summed E-state index contributed by atoms with van der Waals surface area (Å²) in [6.07, 6.45) is -8.92. The Morgan fingerprint density at radius 3 is 2.00 bits per heavy atom. The van der Waals surface area contributed by atoms with E-state index in [0.29, 0.717) is 6.08 Å². The molecule has 11 heteroatoms. The highest BCUT2D eigenvalue weighted by atomic mass is 32.2. The van der Waals surface area contributed by atoms with Crippen LogP contribution in [0.25, 0.3) is 0 Å². The van der Waals surface area contributed by atoms with E-state index >= 15 is 0 Å². The molecule has 0 aliphatic heterocycles. The van der Waals surface area contributed by atoms with E-state index in [1.807, 2.05) is 0 Å². The summed E-state index contributed by atoms with van der Waals surface area (Å²) in [5, 5.41) is -5.71. The van der Waals surface area contributed by atoms with Gasteiger partial charge in [0.25, 0.3) is 6.10 Å². The van der Waals surface area contributed by atoms with Gasteiger partial charge in [-0.3, -0.25) is 4.55 Å². The molecule has 0 saturated heterocycles. The Bertz CT molecular complexity index is 438. The third-order valence-corrected chi connectivity index (χ3v) is 2.39. The van der Waals surface area contributed by atoms with Gasteiger partial charge in [-0.15, -0.1) is 0 Å². The summed E-state index contributed by atoms with van der Waals surface area (Å²) in [5.74, 6) is -1.83. The second-order valence-electron chi connectivity index (χ2n) is 2.90. The van der Waals surface area contributed by atoms with Crippen LogP contribution in [0.1, 0.15) is 6.92 Å². The van der Waals surface area contributed by atoms with Gasteiger partial charge < -0.3 is 4.74 Å². The number of hydrogen-bond donors (Lipinski definition) is 1. The molecule has 0 aromatic heterocycles. The lowest BCUT2D eigenvalue weighted by molar-refractivity contribution is -0.257. The van der Waals surface area contributed by atoms with E-state index in [2.05, 4.69) is 4.74 Å². The van der Waals surface area contributed by atoms with Crippen LogP contribution in [0.2, 0.25) is 0 Å². The second-order valence-corrected chi connectivity index (χ2v) is 4.39. The predicted octanol–water partition coefficient (Wildman–Crippen LogP) is 1.52. The minimum Gasteiger partial charge on any atom is -0.442 e. The van der Waals surface area contributed by atoms with Gasteiger partial charge in [0.2, 0.25) is 0 Å².